The Bertz CT molecular complexity index is 1160. The molecule has 1 aromatic carbocycles. The van der Waals surface area contributed by atoms with Crippen LogP contribution in [0.5, 0.6) is 5.75 Å². The summed E-state index contributed by atoms with van der Waals surface area (Å²) in [6.45, 7) is 5.91. The topological polar surface area (TPSA) is 79.2 Å². The molecule has 2 aromatic rings. The summed E-state index contributed by atoms with van der Waals surface area (Å²) in [5.41, 5.74) is 0.419. The van der Waals surface area contributed by atoms with Gasteiger partial charge < -0.3 is 24.4 Å². The number of halogens is 1. The Labute approximate surface area is 183 Å². The predicted molar refractivity (Wildman–Crippen MR) is 120 cm³/mol. The van der Waals surface area contributed by atoms with Gasteiger partial charge in [0, 0.05) is 38.1 Å². The maximum Gasteiger partial charge on any atom is 0.262 e. The Morgan fingerprint density at radius 3 is 2.81 bits per heavy atom. The van der Waals surface area contributed by atoms with Gasteiger partial charge in [0.25, 0.3) is 5.91 Å². The lowest BCUT2D eigenvalue weighted by atomic mass is 10.0. The quantitative estimate of drug-likeness (QED) is 0.758. The smallest absolute Gasteiger partial charge is 0.262 e. The number of nitrogens with zero attached hydrogens (tertiary/aromatic N) is 4. The number of amidine groups is 1. The van der Waals surface area contributed by atoms with E-state index in [1.165, 1.54) is 17.8 Å². The van der Waals surface area contributed by atoms with Crippen LogP contribution < -0.4 is 20.4 Å². The van der Waals surface area contributed by atoms with Crippen LogP contribution in [0, 0.1) is 5.82 Å². The largest absolute Gasteiger partial charge is 0.487 e. The molecule has 1 atom stereocenters. The van der Waals surface area contributed by atoms with Crippen molar-refractivity contribution in [3.05, 3.63) is 33.9 Å². The van der Waals surface area contributed by atoms with Crippen molar-refractivity contribution in [3.8, 4) is 5.75 Å². The minimum absolute atomic E-state index is 0.0193. The number of hydrogen-bond acceptors (Lipinski definition) is 7. The van der Waals surface area contributed by atoms with Gasteiger partial charge >= 0.3 is 0 Å². The number of aliphatic imine (C=N–C) groups is 1. The van der Waals surface area contributed by atoms with E-state index < -0.39 is 17.2 Å². The number of likely N-dealkylation sites (N-methyl/N-ethyl adjacent to an activating group) is 1. The highest BCUT2D eigenvalue weighted by atomic mass is 32.2. The molecule has 1 N–H and O–H groups in total. The molecule has 0 spiro atoms. The summed E-state index contributed by atoms with van der Waals surface area (Å²) in [7, 11) is 2.04. The van der Waals surface area contributed by atoms with Crippen molar-refractivity contribution in [2.45, 2.75) is 13.0 Å². The van der Waals surface area contributed by atoms with Crippen molar-refractivity contribution in [2.75, 3.05) is 57.0 Å². The number of anilines is 1. The first kappa shape index (κ1) is 20.3. The molecule has 1 aromatic heterocycles. The molecule has 1 fully saturated rings. The fourth-order valence-corrected chi connectivity index (χ4v) is 5.00. The number of thioether (sulfide) groups is 1. The number of ether oxygens (including phenoxy) is 1. The van der Waals surface area contributed by atoms with Crippen LogP contribution in [0.2, 0.25) is 0 Å². The van der Waals surface area contributed by atoms with Crippen molar-refractivity contribution in [3.63, 3.8) is 0 Å². The summed E-state index contributed by atoms with van der Waals surface area (Å²) in [6, 6.07) is 1.15. The third-order valence-electron chi connectivity index (χ3n) is 6.01. The Kier molecular flexibility index (Phi) is 5.13. The average Bonchev–Trinajstić information content (AvgIpc) is 3.26. The highest BCUT2D eigenvalue weighted by Crippen LogP contribution is 2.42. The fraction of sp³-hybridized carbons (Fsp3) is 0.476. The molecule has 164 valence electrons. The Morgan fingerprint density at radius 1 is 1.32 bits per heavy atom. The third-order valence-corrected chi connectivity index (χ3v) is 6.90. The summed E-state index contributed by atoms with van der Waals surface area (Å²) < 4.78 is 23.2. The third kappa shape index (κ3) is 3.47. The van der Waals surface area contributed by atoms with Crippen molar-refractivity contribution in [1.29, 1.82) is 0 Å². The van der Waals surface area contributed by atoms with E-state index in [9.17, 15) is 9.59 Å². The molecule has 1 amide bonds. The van der Waals surface area contributed by atoms with Gasteiger partial charge in [-0.25, -0.2) is 4.39 Å². The first-order valence-corrected chi connectivity index (χ1v) is 11.4. The predicted octanol–water partition coefficient (Wildman–Crippen LogP) is 1.68. The van der Waals surface area contributed by atoms with Gasteiger partial charge in [0.15, 0.2) is 16.7 Å². The summed E-state index contributed by atoms with van der Waals surface area (Å²) in [6.07, 6.45) is 1.57. The van der Waals surface area contributed by atoms with Crippen molar-refractivity contribution in [1.82, 2.24) is 14.8 Å². The van der Waals surface area contributed by atoms with E-state index in [0.29, 0.717) is 48.4 Å². The molecule has 5 rings (SSSR count). The summed E-state index contributed by atoms with van der Waals surface area (Å²) in [5.74, 6) is 0.166. The molecule has 0 aliphatic carbocycles. The van der Waals surface area contributed by atoms with E-state index >= 15 is 4.39 Å². The van der Waals surface area contributed by atoms with Crippen LogP contribution >= 0.6 is 11.8 Å². The fourth-order valence-electron chi connectivity index (χ4n) is 4.27. The molecule has 4 heterocycles. The van der Waals surface area contributed by atoms with Gasteiger partial charge in [0.2, 0.25) is 5.43 Å². The molecule has 10 heteroatoms. The molecule has 0 saturated carbocycles. The van der Waals surface area contributed by atoms with Crippen LogP contribution in [0.4, 0.5) is 10.1 Å². The highest BCUT2D eigenvalue weighted by molar-refractivity contribution is 8.14. The molecule has 3 aliphatic heterocycles. The highest BCUT2D eigenvalue weighted by Gasteiger charge is 2.31. The number of piperazine rings is 1. The molecule has 1 saturated heterocycles. The second-order valence-electron chi connectivity index (χ2n) is 8.15. The number of benzene rings is 1. The lowest BCUT2D eigenvalue weighted by molar-refractivity contribution is 0.0976. The minimum atomic E-state index is -0.521. The molecule has 8 nitrogen and oxygen atoms in total. The van der Waals surface area contributed by atoms with Crippen molar-refractivity contribution < 1.29 is 13.9 Å². The van der Waals surface area contributed by atoms with E-state index in [2.05, 4.69) is 15.2 Å². The summed E-state index contributed by atoms with van der Waals surface area (Å²) in [4.78, 5) is 34.4. The average molecular weight is 446 g/mol. The second kappa shape index (κ2) is 7.83. The minimum Gasteiger partial charge on any atom is -0.487 e. The lowest BCUT2D eigenvalue weighted by Crippen LogP contribution is -2.45. The molecule has 0 bridgehead atoms. The van der Waals surface area contributed by atoms with E-state index in [4.69, 9.17) is 4.74 Å². The number of carbonyl (C=O) groups is 1. The summed E-state index contributed by atoms with van der Waals surface area (Å²) >= 11 is 1.44. The van der Waals surface area contributed by atoms with E-state index in [0.717, 1.165) is 18.8 Å². The second-order valence-corrected chi connectivity index (χ2v) is 9.23. The first-order chi connectivity index (χ1) is 14.9. The molecular formula is C21H24FN5O3S. The molecular weight excluding hydrogens is 421 g/mol. The molecule has 0 unspecified atom stereocenters. The lowest BCUT2D eigenvalue weighted by Gasteiger charge is -2.37. The van der Waals surface area contributed by atoms with Crippen LogP contribution in [0.15, 0.2) is 22.1 Å². The summed E-state index contributed by atoms with van der Waals surface area (Å²) in [5, 5.41) is 3.37. The van der Waals surface area contributed by atoms with Gasteiger partial charge in [-0.05, 0) is 20.0 Å². The zero-order valence-electron chi connectivity index (χ0n) is 17.5. The maximum atomic E-state index is 15.3. The van der Waals surface area contributed by atoms with Crippen LogP contribution in [-0.4, -0.2) is 72.7 Å². The monoisotopic (exact) mass is 445 g/mol. The SMILES string of the molecule is C[C@H]1COc2c(N3CCN(C)CC3)c(F)cc3c(=O)c(C(=O)NC4=NCCS4)cn1c23. The number of hydrogen-bond donors (Lipinski definition) is 1. The van der Waals surface area contributed by atoms with Gasteiger partial charge in [-0.3, -0.25) is 14.6 Å². The maximum absolute atomic E-state index is 15.3. The number of amides is 1. The van der Waals surface area contributed by atoms with E-state index in [1.54, 1.807) is 6.20 Å². The van der Waals surface area contributed by atoms with Gasteiger partial charge in [-0.1, -0.05) is 11.8 Å². The Balaban J connectivity index is 1.65. The number of pyridine rings is 1. The van der Waals surface area contributed by atoms with Gasteiger partial charge in [-0.2, -0.15) is 0 Å². The van der Waals surface area contributed by atoms with Gasteiger partial charge in [0.1, 0.15) is 17.9 Å². The van der Waals surface area contributed by atoms with E-state index in [-0.39, 0.29) is 17.0 Å². The Hall–Kier alpha value is -2.59. The molecule has 3 aliphatic rings. The number of nitrogens with one attached hydrogen (secondary N) is 1. The number of aromatic nitrogens is 1. The van der Waals surface area contributed by atoms with Gasteiger partial charge in [-0.15, -0.1) is 0 Å². The number of carbonyl (C=O) groups excluding carboxylic acids is 1. The van der Waals surface area contributed by atoms with Crippen LogP contribution in [0.3, 0.4) is 0 Å². The van der Waals surface area contributed by atoms with Crippen LogP contribution in [-0.2, 0) is 0 Å². The normalized spacial score (nSPS) is 21.2. The van der Waals surface area contributed by atoms with Crippen molar-refractivity contribution in [2.24, 2.45) is 4.99 Å². The van der Waals surface area contributed by atoms with Crippen LogP contribution in [0.1, 0.15) is 23.3 Å². The van der Waals surface area contributed by atoms with E-state index in [1.807, 2.05) is 23.4 Å². The Morgan fingerprint density at radius 2 is 2.10 bits per heavy atom. The van der Waals surface area contributed by atoms with Crippen molar-refractivity contribution >= 4 is 39.4 Å². The molecule has 0 radical (unpaired) electrons. The standard InChI is InChI=1S/C21H24FN5O3S/c1-12-11-30-19-16-13(9-15(22)17(19)26-6-4-25(2)5-7-26)18(28)14(10-27(12)16)20(29)24-21-23-3-8-31-21/h9-10,12H,3-8,11H2,1-2H3,(H,23,24,29)/t12-/m0/s1. The zero-order valence-corrected chi connectivity index (χ0v) is 18.3. The molecule has 31 heavy (non-hydrogen) atoms. The zero-order chi connectivity index (χ0) is 21.7. The van der Waals surface area contributed by atoms with Gasteiger partial charge in [0.05, 0.1) is 23.5 Å². The number of rotatable bonds is 2. The van der Waals surface area contributed by atoms with Crippen LogP contribution in [0.25, 0.3) is 10.9 Å². The first-order valence-electron chi connectivity index (χ1n) is 10.4.